The quantitative estimate of drug-likeness (QED) is 0.517. The van der Waals surface area contributed by atoms with Crippen molar-refractivity contribution >= 4 is 23.2 Å². The van der Waals surface area contributed by atoms with Crippen molar-refractivity contribution in [3.63, 3.8) is 0 Å². The van der Waals surface area contributed by atoms with E-state index in [9.17, 15) is 0 Å². The first-order chi connectivity index (χ1) is 12.2. The highest BCUT2D eigenvalue weighted by atomic mass is 35.5. The van der Waals surface area contributed by atoms with Gasteiger partial charge in [-0.1, -0.05) is 34.4 Å². The van der Waals surface area contributed by atoms with Gasteiger partial charge in [0.05, 0.1) is 0 Å². The van der Waals surface area contributed by atoms with Crippen molar-refractivity contribution in [2.24, 2.45) is 0 Å². The number of hydrogen-bond donors (Lipinski definition) is 0. The summed E-state index contributed by atoms with van der Waals surface area (Å²) in [5.41, 5.74) is 1.56. The third-order valence-corrected chi connectivity index (χ3v) is 3.90. The van der Waals surface area contributed by atoms with Gasteiger partial charge in [0, 0.05) is 21.2 Å². The summed E-state index contributed by atoms with van der Waals surface area (Å²) in [5.74, 6) is 1.61. The predicted molar refractivity (Wildman–Crippen MR) is 92.3 cm³/mol. The molecule has 0 unspecified atom stereocenters. The molecule has 6 nitrogen and oxygen atoms in total. The van der Waals surface area contributed by atoms with Crippen LogP contribution < -0.4 is 0 Å². The molecule has 8 heteroatoms. The van der Waals surface area contributed by atoms with Crippen LogP contribution in [-0.4, -0.2) is 20.3 Å². The lowest BCUT2D eigenvalue weighted by atomic mass is 10.2. The lowest BCUT2D eigenvalue weighted by molar-refractivity contribution is 0.374. The van der Waals surface area contributed by atoms with Gasteiger partial charge in [-0.2, -0.15) is 4.98 Å². The van der Waals surface area contributed by atoms with E-state index in [1.54, 1.807) is 24.3 Å². The van der Waals surface area contributed by atoms with Crippen molar-refractivity contribution in [2.75, 3.05) is 0 Å². The zero-order chi connectivity index (χ0) is 17.2. The molecule has 0 spiro atoms. The Balaban J connectivity index is 1.52. The number of nitrogens with zero attached hydrogens (tertiary/aromatic N) is 4. The van der Waals surface area contributed by atoms with Crippen LogP contribution in [0, 0.1) is 0 Å². The molecule has 4 aromatic rings. The third kappa shape index (κ3) is 3.55. The lowest BCUT2D eigenvalue weighted by Gasteiger charge is -1.94. The van der Waals surface area contributed by atoms with Gasteiger partial charge in [-0.05, 0) is 42.5 Å². The van der Waals surface area contributed by atoms with Crippen molar-refractivity contribution in [3.05, 3.63) is 70.4 Å². The summed E-state index contributed by atoms with van der Waals surface area (Å²) in [6, 6.07) is 14.4. The second-order valence-corrected chi connectivity index (χ2v) is 6.08. The molecule has 0 atom stereocenters. The fourth-order valence-corrected chi connectivity index (χ4v) is 2.55. The van der Waals surface area contributed by atoms with E-state index in [1.807, 2.05) is 24.3 Å². The summed E-state index contributed by atoms with van der Waals surface area (Å²) >= 11 is 11.8. The number of aromatic nitrogens is 4. The van der Waals surface area contributed by atoms with Gasteiger partial charge < -0.3 is 8.94 Å². The molecular formula is C17H10Cl2N4O2. The van der Waals surface area contributed by atoms with Gasteiger partial charge >= 0.3 is 0 Å². The summed E-state index contributed by atoms with van der Waals surface area (Å²) in [6.45, 7) is 0. The number of rotatable bonds is 4. The molecule has 0 N–H and O–H groups in total. The Morgan fingerprint density at radius 3 is 2.48 bits per heavy atom. The highest BCUT2D eigenvalue weighted by molar-refractivity contribution is 6.31. The molecule has 0 fully saturated rings. The first-order valence-corrected chi connectivity index (χ1v) is 8.10. The molecule has 0 aliphatic carbocycles. The van der Waals surface area contributed by atoms with E-state index in [0.717, 1.165) is 11.1 Å². The maximum absolute atomic E-state index is 5.97. The van der Waals surface area contributed by atoms with E-state index in [0.29, 0.717) is 33.5 Å². The topological polar surface area (TPSA) is 77.8 Å². The van der Waals surface area contributed by atoms with Crippen LogP contribution in [0.3, 0.4) is 0 Å². The minimum atomic E-state index is 0.244. The molecule has 0 amide bonds. The predicted octanol–water partition coefficient (Wildman–Crippen LogP) is 4.68. The van der Waals surface area contributed by atoms with Crippen LogP contribution in [0.1, 0.15) is 11.8 Å². The number of halogens is 2. The SMILES string of the molecule is Clc1ccc(-c2noc(Cc3nnc(-c4cccc(Cl)c4)o3)n2)cc1. The Kier molecular flexibility index (Phi) is 4.21. The van der Waals surface area contributed by atoms with Gasteiger partial charge in [0.2, 0.25) is 23.5 Å². The van der Waals surface area contributed by atoms with Crippen LogP contribution in [0.2, 0.25) is 10.0 Å². The fourth-order valence-electron chi connectivity index (χ4n) is 2.24. The van der Waals surface area contributed by atoms with Crippen molar-refractivity contribution in [1.29, 1.82) is 0 Å². The van der Waals surface area contributed by atoms with Crippen molar-refractivity contribution in [3.8, 4) is 22.8 Å². The Bertz CT molecular complexity index is 1010. The lowest BCUT2D eigenvalue weighted by Crippen LogP contribution is -1.88. The van der Waals surface area contributed by atoms with Crippen LogP contribution in [0.5, 0.6) is 0 Å². The molecule has 4 rings (SSSR count). The van der Waals surface area contributed by atoms with Gasteiger partial charge in [-0.25, -0.2) is 0 Å². The summed E-state index contributed by atoms with van der Waals surface area (Å²) in [5, 5.41) is 13.2. The fraction of sp³-hybridized carbons (Fsp3) is 0.0588. The zero-order valence-corrected chi connectivity index (χ0v) is 14.2. The van der Waals surface area contributed by atoms with Crippen molar-refractivity contribution in [2.45, 2.75) is 6.42 Å². The maximum Gasteiger partial charge on any atom is 0.247 e. The van der Waals surface area contributed by atoms with Gasteiger partial charge in [0.1, 0.15) is 6.42 Å². The molecule has 0 saturated carbocycles. The average Bonchev–Trinajstić information content (AvgIpc) is 3.26. The Labute approximate surface area is 152 Å². The van der Waals surface area contributed by atoms with Gasteiger partial charge in [0.25, 0.3) is 0 Å². The van der Waals surface area contributed by atoms with Gasteiger partial charge in [0.15, 0.2) is 0 Å². The minimum Gasteiger partial charge on any atom is -0.420 e. The molecule has 0 radical (unpaired) electrons. The second-order valence-electron chi connectivity index (χ2n) is 5.21. The smallest absolute Gasteiger partial charge is 0.247 e. The van der Waals surface area contributed by atoms with E-state index in [1.165, 1.54) is 0 Å². The molecule has 2 aromatic heterocycles. The van der Waals surface area contributed by atoms with Crippen LogP contribution in [0.15, 0.2) is 57.5 Å². The minimum absolute atomic E-state index is 0.244. The molecule has 0 aliphatic rings. The average molecular weight is 373 g/mol. The molecule has 2 heterocycles. The zero-order valence-electron chi connectivity index (χ0n) is 12.7. The van der Waals surface area contributed by atoms with E-state index < -0.39 is 0 Å². The molecule has 0 saturated heterocycles. The Morgan fingerprint density at radius 1 is 0.840 bits per heavy atom. The van der Waals surface area contributed by atoms with Crippen LogP contribution in [-0.2, 0) is 6.42 Å². The first kappa shape index (κ1) is 15.8. The highest BCUT2D eigenvalue weighted by Crippen LogP contribution is 2.23. The van der Waals surface area contributed by atoms with E-state index in [4.69, 9.17) is 32.1 Å². The molecule has 0 aliphatic heterocycles. The Morgan fingerprint density at radius 2 is 1.68 bits per heavy atom. The highest BCUT2D eigenvalue weighted by Gasteiger charge is 2.14. The van der Waals surface area contributed by atoms with Crippen LogP contribution >= 0.6 is 23.2 Å². The summed E-state index contributed by atoms with van der Waals surface area (Å²) < 4.78 is 10.9. The van der Waals surface area contributed by atoms with E-state index in [2.05, 4.69) is 20.3 Å². The summed E-state index contributed by atoms with van der Waals surface area (Å²) in [6.07, 6.45) is 0.244. The molecular weight excluding hydrogens is 363 g/mol. The Hall–Kier alpha value is -2.70. The standard InChI is InChI=1S/C17H10Cl2N4O2/c18-12-6-4-10(5-7-12)16-20-14(25-23-16)9-15-21-22-17(24-15)11-2-1-3-13(19)8-11/h1-8H,9H2. The summed E-state index contributed by atoms with van der Waals surface area (Å²) in [7, 11) is 0. The number of hydrogen-bond acceptors (Lipinski definition) is 6. The summed E-state index contributed by atoms with van der Waals surface area (Å²) in [4.78, 5) is 4.33. The van der Waals surface area contributed by atoms with Crippen LogP contribution in [0.4, 0.5) is 0 Å². The van der Waals surface area contributed by atoms with E-state index >= 15 is 0 Å². The molecule has 25 heavy (non-hydrogen) atoms. The second kappa shape index (κ2) is 6.66. The van der Waals surface area contributed by atoms with Crippen molar-refractivity contribution < 1.29 is 8.94 Å². The van der Waals surface area contributed by atoms with Crippen LogP contribution in [0.25, 0.3) is 22.8 Å². The van der Waals surface area contributed by atoms with Gasteiger partial charge in [-0.15, -0.1) is 10.2 Å². The maximum atomic E-state index is 5.97. The van der Waals surface area contributed by atoms with Crippen molar-refractivity contribution in [1.82, 2.24) is 20.3 Å². The van der Waals surface area contributed by atoms with Gasteiger partial charge in [-0.3, -0.25) is 0 Å². The normalized spacial score (nSPS) is 11.0. The first-order valence-electron chi connectivity index (χ1n) is 7.34. The molecule has 124 valence electrons. The monoisotopic (exact) mass is 372 g/mol. The molecule has 2 aromatic carbocycles. The van der Waals surface area contributed by atoms with E-state index in [-0.39, 0.29) is 6.42 Å². The largest absolute Gasteiger partial charge is 0.420 e. The third-order valence-electron chi connectivity index (χ3n) is 3.41. The molecule has 0 bridgehead atoms. The number of benzene rings is 2.